The number of aryl methyl sites for hydroxylation is 1. The number of amides is 3. The van der Waals surface area contributed by atoms with Gasteiger partial charge in [0.15, 0.2) is 5.78 Å². The Balaban J connectivity index is 1.31. The molecule has 4 aliphatic rings. The Morgan fingerprint density at radius 1 is 0.810 bits per heavy atom. The predicted octanol–water partition coefficient (Wildman–Crippen LogP) is 6.53. The number of cyclic esters (lactones) is 1. The SMILES string of the molecule is CO[C@H]1C[C@@H]2CC[C@@H](C)[C@@](O)(O2)C(=O)C(=O)N2CCCC[C@H]2C(=O)O[C@H]([C@H](C)C[C@@H]2CC[C@@H](OC(=O)NCCOCCC(=O)NCc3cnc(C)nc3)[C@H](OC)C2)C[C@@H](OC)[C@H](C)/C=C(\C)[C@@H](O)[C@@H](O)C(=O)C(C)C[C@H](C)/C=C/C=C/C=C/1C. The Labute approximate surface area is 497 Å². The average molecular weight is 1180 g/mol. The molecule has 0 radical (unpaired) electrons. The number of aliphatic hydroxyl groups is 3. The fourth-order valence-corrected chi connectivity index (χ4v) is 11.9. The molecule has 470 valence electrons. The summed E-state index contributed by atoms with van der Waals surface area (Å²) >= 11 is 0. The van der Waals surface area contributed by atoms with Gasteiger partial charge in [0.2, 0.25) is 11.7 Å². The molecule has 5 rings (SSSR count). The largest absolute Gasteiger partial charge is 0.460 e. The number of ether oxygens (including phenoxy) is 7. The maximum Gasteiger partial charge on any atom is 0.407 e. The molecule has 5 N–H and O–H groups in total. The highest BCUT2D eigenvalue weighted by molar-refractivity contribution is 6.39. The molecule has 16 atom stereocenters. The molecule has 0 aromatic carbocycles. The zero-order valence-corrected chi connectivity index (χ0v) is 51.5. The number of hydrogen-bond donors (Lipinski definition) is 5. The second kappa shape index (κ2) is 34.2. The van der Waals surface area contributed by atoms with Gasteiger partial charge in [0, 0.05) is 95.9 Å². The van der Waals surface area contributed by atoms with Crippen molar-refractivity contribution in [3.63, 3.8) is 0 Å². The van der Waals surface area contributed by atoms with Crippen LogP contribution in [0, 0.1) is 42.4 Å². The van der Waals surface area contributed by atoms with E-state index in [-0.39, 0.29) is 69.2 Å². The number of nitrogens with one attached hydrogen (secondary N) is 2. The summed E-state index contributed by atoms with van der Waals surface area (Å²) in [5.74, 6) is -7.40. The van der Waals surface area contributed by atoms with Gasteiger partial charge < -0.3 is 64.0 Å². The van der Waals surface area contributed by atoms with Crippen molar-refractivity contribution < 1.29 is 77.2 Å². The quantitative estimate of drug-likeness (QED) is 0.0540. The minimum absolute atomic E-state index is 0.0384. The number of ketones is 2. The van der Waals surface area contributed by atoms with E-state index in [0.717, 1.165) is 11.1 Å². The second-order valence-corrected chi connectivity index (χ2v) is 23.9. The molecule has 1 unspecified atom stereocenters. The molecule has 2 bridgehead atoms. The molecule has 1 aromatic heterocycles. The van der Waals surface area contributed by atoms with E-state index in [9.17, 15) is 44.1 Å². The number of piperidine rings is 1. The van der Waals surface area contributed by atoms with Gasteiger partial charge >= 0.3 is 12.1 Å². The van der Waals surface area contributed by atoms with Crippen molar-refractivity contribution >= 4 is 35.4 Å². The van der Waals surface area contributed by atoms with E-state index in [1.165, 1.54) is 12.0 Å². The summed E-state index contributed by atoms with van der Waals surface area (Å²) in [7, 11) is 4.66. The van der Waals surface area contributed by atoms with Crippen LogP contribution in [-0.2, 0) is 63.7 Å². The lowest BCUT2D eigenvalue weighted by Crippen LogP contribution is -2.61. The first-order valence-electron chi connectivity index (χ1n) is 30.2. The van der Waals surface area contributed by atoms with Gasteiger partial charge in [0.05, 0.1) is 37.6 Å². The van der Waals surface area contributed by atoms with E-state index in [1.54, 1.807) is 60.4 Å². The first-order valence-corrected chi connectivity index (χ1v) is 30.2. The molecule has 2 saturated heterocycles. The van der Waals surface area contributed by atoms with Crippen LogP contribution in [0.2, 0.25) is 0 Å². The van der Waals surface area contributed by atoms with Crippen LogP contribution in [0.5, 0.6) is 0 Å². The van der Waals surface area contributed by atoms with E-state index in [4.69, 9.17) is 33.2 Å². The number of aliphatic hydroxyl groups excluding tert-OH is 2. The Morgan fingerprint density at radius 2 is 1.54 bits per heavy atom. The van der Waals surface area contributed by atoms with Gasteiger partial charge in [-0.3, -0.25) is 19.2 Å². The number of allylic oxidation sites excluding steroid dienone is 5. The van der Waals surface area contributed by atoms with E-state index >= 15 is 0 Å². The zero-order valence-electron chi connectivity index (χ0n) is 51.5. The molecule has 21 nitrogen and oxygen atoms in total. The lowest BCUT2D eigenvalue weighted by atomic mass is 9.78. The number of fused-ring (bicyclic) bond motifs is 3. The van der Waals surface area contributed by atoms with Gasteiger partial charge in [-0.1, -0.05) is 71.1 Å². The smallest absolute Gasteiger partial charge is 0.407 e. The molecule has 3 amide bonds. The van der Waals surface area contributed by atoms with E-state index in [0.29, 0.717) is 82.2 Å². The first kappa shape index (κ1) is 69.5. The highest BCUT2D eigenvalue weighted by atomic mass is 16.6. The summed E-state index contributed by atoms with van der Waals surface area (Å²) in [6, 6.07) is -1.14. The molecule has 0 spiro atoms. The van der Waals surface area contributed by atoms with E-state index < -0.39 is 108 Å². The van der Waals surface area contributed by atoms with Gasteiger partial charge in [-0.05, 0) is 114 Å². The third-order valence-electron chi connectivity index (χ3n) is 17.3. The van der Waals surface area contributed by atoms with E-state index in [2.05, 4.69) is 20.6 Å². The highest BCUT2D eigenvalue weighted by Crippen LogP contribution is 2.38. The lowest BCUT2D eigenvalue weighted by Gasteiger charge is -2.43. The molecule has 21 heteroatoms. The van der Waals surface area contributed by atoms with Gasteiger partial charge in [-0.15, -0.1) is 0 Å². The standard InChI is InChI=1S/C63H97N5O16/c1-38-17-13-12-14-18-39(2)51(78-9)33-48-22-20-44(7)63(77,84-48)59(73)60(74)68-26-16-15-19-49(68)61(75)82-53(34-52(79-10)40(3)30-43(6)57(71)58(72)56(70)42(5)29-38)41(4)31-46-21-23-50(54(32-46)80-11)83-62(76)64-25-28-81-27-24-55(69)67-37-47-35-65-45(8)66-36-47/h12-14,17-18,30,35-36,38,40-42,44,46,48-54,57-58,71-72,77H,15-16,19-29,31-34,37H2,1-11H3,(H,64,76)(H,67,69)/b14-12+,17-13+,39-18+,43-30+/t38-,40-,41-,42?,44-,46+,48+,49+,50-,51+,52-,53+,54-,57-,58+,63-/m1/s1. The Kier molecular flexibility index (Phi) is 28.3. The number of aromatic nitrogens is 2. The van der Waals surface area contributed by atoms with Crippen molar-refractivity contribution in [3.8, 4) is 0 Å². The molecule has 1 aliphatic carbocycles. The van der Waals surface area contributed by atoms with Crippen molar-refractivity contribution in [1.29, 1.82) is 0 Å². The van der Waals surface area contributed by atoms with Crippen LogP contribution in [0.4, 0.5) is 4.79 Å². The van der Waals surface area contributed by atoms with Crippen LogP contribution in [-0.4, -0.2) is 174 Å². The van der Waals surface area contributed by atoms with Crippen LogP contribution >= 0.6 is 0 Å². The van der Waals surface area contributed by atoms with Gasteiger partial charge in [-0.2, -0.15) is 0 Å². The zero-order chi connectivity index (χ0) is 61.7. The van der Waals surface area contributed by atoms with Crippen molar-refractivity contribution in [3.05, 3.63) is 71.4 Å². The van der Waals surface area contributed by atoms with Gasteiger partial charge in [0.1, 0.15) is 36.3 Å². The number of methoxy groups -OCH3 is 3. The number of nitrogens with zero attached hydrogens (tertiary/aromatic N) is 3. The third-order valence-corrected chi connectivity index (χ3v) is 17.3. The summed E-state index contributed by atoms with van der Waals surface area (Å²) in [6.45, 7) is 15.4. The third kappa shape index (κ3) is 20.4. The van der Waals surface area contributed by atoms with E-state index in [1.807, 2.05) is 58.1 Å². The summed E-state index contributed by atoms with van der Waals surface area (Å²) in [5.41, 5.74) is 2.00. The Bertz CT molecular complexity index is 2430. The van der Waals surface area contributed by atoms with Crippen LogP contribution < -0.4 is 10.6 Å². The maximum atomic E-state index is 14.8. The van der Waals surface area contributed by atoms with Crippen LogP contribution in [0.3, 0.4) is 0 Å². The monoisotopic (exact) mass is 1180 g/mol. The number of alkyl carbamates (subject to hydrolysis) is 1. The summed E-state index contributed by atoms with van der Waals surface area (Å²) in [6.07, 6.45) is 12.7. The highest BCUT2D eigenvalue weighted by Gasteiger charge is 2.53. The van der Waals surface area contributed by atoms with Crippen molar-refractivity contribution in [2.75, 3.05) is 47.6 Å². The average Bonchev–Trinajstić information content (AvgIpc) is 1.60. The number of Topliss-reactive ketones (excluding diaryl/α,β-unsaturated/α-hetero) is 2. The number of hydrogen-bond acceptors (Lipinski definition) is 18. The second-order valence-electron chi connectivity index (χ2n) is 23.9. The van der Waals surface area contributed by atoms with Crippen LogP contribution in [0.15, 0.2) is 60.0 Å². The predicted molar refractivity (Wildman–Crippen MR) is 312 cm³/mol. The normalized spacial score (nSPS) is 34.6. The minimum Gasteiger partial charge on any atom is -0.460 e. The van der Waals surface area contributed by atoms with Crippen molar-refractivity contribution in [1.82, 2.24) is 25.5 Å². The number of carbonyl (C=O) groups excluding carboxylic acids is 6. The van der Waals surface area contributed by atoms with Crippen LogP contribution in [0.1, 0.15) is 143 Å². The molecule has 3 fully saturated rings. The Hall–Kier alpha value is -5.26. The minimum atomic E-state index is -2.45. The summed E-state index contributed by atoms with van der Waals surface area (Å²) < 4.78 is 42.0. The maximum absolute atomic E-state index is 14.8. The van der Waals surface area contributed by atoms with Crippen molar-refractivity contribution in [2.24, 2.45) is 35.5 Å². The summed E-state index contributed by atoms with van der Waals surface area (Å²) in [4.78, 5) is 91.9. The topological polar surface area (TPSA) is 281 Å². The molecule has 84 heavy (non-hydrogen) atoms. The summed E-state index contributed by atoms with van der Waals surface area (Å²) in [5, 5.41) is 40.2. The lowest BCUT2D eigenvalue weighted by molar-refractivity contribution is -0.265. The molecular formula is C63H97N5O16. The van der Waals surface area contributed by atoms with Crippen LogP contribution in [0.25, 0.3) is 0 Å². The Morgan fingerprint density at radius 3 is 2.24 bits per heavy atom. The van der Waals surface area contributed by atoms with Crippen molar-refractivity contribution in [2.45, 2.75) is 206 Å². The molecule has 1 saturated carbocycles. The number of esters is 1. The molecule has 3 aliphatic heterocycles. The fraction of sp³-hybridized carbons (Fsp3) is 0.714. The number of carbonyl (C=O) groups is 6. The molecule has 4 heterocycles. The first-order chi connectivity index (χ1) is 40.0. The molecule has 1 aromatic rings. The van der Waals surface area contributed by atoms with Gasteiger partial charge in [0.25, 0.3) is 11.7 Å². The molecular weight excluding hydrogens is 1080 g/mol. The van der Waals surface area contributed by atoms with Gasteiger partial charge in [-0.25, -0.2) is 19.6 Å². The fourth-order valence-electron chi connectivity index (χ4n) is 11.9. The number of rotatable bonds is 15.